The van der Waals surface area contributed by atoms with Gasteiger partial charge in [-0.2, -0.15) is 18.3 Å². The number of nitrogens with zero attached hydrogens (tertiary/aromatic N) is 3. The standard InChI is InChI=1S/C12H9ClF4N4/c1-6-5-21(11(18)20-6)19-4-7-8(12(15,16)17)2-3-9(13)10(7)14/h2-5H,1H3,(H2,18,20). The van der Waals surface area contributed by atoms with E-state index in [0.29, 0.717) is 18.0 Å². The minimum Gasteiger partial charge on any atom is -0.368 e. The Hall–Kier alpha value is -2.09. The average molecular weight is 321 g/mol. The molecule has 1 heterocycles. The van der Waals surface area contributed by atoms with E-state index in [2.05, 4.69) is 10.1 Å². The van der Waals surface area contributed by atoms with Crippen LogP contribution in [0.5, 0.6) is 0 Å². The largest absolute Gasteiger partial charge is 0.417 e. The van der Waals surface area contributed by atoms with Crippen LogP contribution in [0.1, 0.15) is 16.8 Å². The number of nitrogens with two attached hydrogens (primary N) is 1. The fraction of sp³-hybridized carbons (Fsp3) is 0.167. The van der Waals surface area contributed by atoms with Gasteiger partial charge in [0.25, 0.3) is 0 Å². The minimum atomic E-state index is -4.73. The van der Waals surface area contributed by atoms with Crippen molar-refractivity contribution < 1.29 is 17.6 Å². The Balaban J connectivity index is 2.53. The lowest BCUT2D eigenvalue weighted by atomic mass is 10.1. The van der Waals surface area contributed by atoms with Crippen LogP contribution in [-0.4, -0.2) is 15.9 Å². The van der Waals surface area contributed by atoms with E-state index in [1.54, 1.807) is 6.92 Å². The van der Waals surface area contributed by atoms with Crippen molar-refractivity contribution in [3.05, 3.63) is 46.0 Å². The van der Waals surface area contributed by atoms with Gasteiger partial charge in [0.15, 0.2) is 5.82 Å². The maximum Gasteiger partial charge on any atom is 0.417 e. The van der Waals surface area contributed by atoms with Crippen molar-refractivity contribution in [1.29, 1.82) is 0 Å². The molecule has 1 aromatic carbocycles. The maximum atomic E-state index is 13.8. The van der Waals surface area contributed by atoms with E-state index in [-0.39, 0.29) is 5.95 Å². The second-order valence-electron chi connectivity index (χ2n) is 4.15. The van der Waals surface area contributed by atoms with Crippen LogP contribution in [0.15, 0.2) is 23.4 Å². The van der Waals surface area contributed by atoms with Crippen molar-refractivity contribution in [2.45, 2.75) is 13.1 Å². The van der Waals surface area contributed by atoms with Crippen molar-refractivity contribution in [2.75, 3.05) is 5.73 Å². The SMILES string of the molecule is Cc1cn(N=Cc2c(C(F)(F)F)ccc(Cl)c2F)c(N)n1. The molecule has 0 radical (unpaired) electrons. The van der Waals surface area contributed by atoms with Gasteiger partial charge in [0.2, 0.25) is 5.95 Å². The molecule has 112 valence electrons. The summed E-state index contributed by atoms with van der Waals surface area (Å²) in [5, 5.41) is 3.25. The molecule has 0 saturated heterocycles. The zero-order valence-corrected chi connectivity index (χ0v) is 11.4. The molecule has 2 aromatic rings. The molecule has 0 saturated carbocycles. The maximum absolute atomic E-state index is 13.8. The van der Waals surface area contributed by atoms with Crippen molar-refractivity contribution in [3.8, 4) is 0 Å². The van der Waals surface area contributed by atoms with Crippen LogP contribution in [0.3, 0.4) is 0 Å². The van der Waals surface area contributed by atoms with Gasteiger partial charge >= 0.3 is 6.18 Å². The molecule has 21 heavy (non-hydrogen) atoms. The average Bonchev–Trinajstić information content (AvgIpc) is 2.68. The molecule has 2 rings (SSSR count). The lowest BCUT2D eigenvalue weighted by Gasteiger charge is -2.11. The van der Waals surface area contributed by atoms with Crippen LogP contribution in [0, 0.1) is 12.7 Å². The Kier molecular flexibility index (Phi) is 3.91. The first-order valence-corrected chi connectivity index (χ1v) is 5.99. The highest BCUT2D eigenvalue weighted by molar-refractivity contribution is 6.31. The van der Waals surface area contributed by atoms with E-state index in [1.165, 1.54) is 6.20 Å². The van der Waals surface area contributed by atoms with Gasteiger partial charge in [-0.1, -0.05) is 11.6 Å². The fourth-order valence-electron chi connectivity index (χ4n) is 1.66. The Bertz CT molecular complexity index is 706. The number of rotatable bonds is 2. The quantitative estimate of drug-likeness (QED) is 0.680. The predicted octanol–water partition coefficient (Wildman–Crippen LogP) is 3.47. The third-order valence-corrected chi connectivity index (χ3v) is 2.88. The van der Waals surface area contributed by atoms with E-state index in [9.17, 15) is 17.6 Å². The van der Waals surface area contributed by atoms with Gasteiger partial charge in [-0.3, -0.25) is 0 Å². The smallest absolute Gasteiger partial charge is 0.368 e. The summed E-state index contributed by atoms with van der Waals surface area (Å²) in [5.41, 5.74) is 4.07. The molecule has 0 spiro atoms. The monoisotopic (exact) mass is 320 g/mol. The molecular formula is C12H9ClF4N4. The van der Waals surface area contributed by atoms with E-state index < -0.39 is 28.1 Å². The number of aromatic nitrogens is 2. The number of halogens is 5. The molecular weight excluding hydrogens is 312 g/mol. The summed E-state index contributed by atoms with van der Waals surface area (Å²) in [6.07, 6.45) is -2.63. The molecule has 2 N–H and O–H groups in total. The number of hydrogen-bond donors (Lipinski definition) is 1. The third-order valence-electron chi connectivity index (χ3n) is 2.58. The molecule has 4 nitrogen and oxygen atoms in total. The van der Waals surface area contributed by atoms with Gasteiger partial charge in [0.05, 0.1) is 28.7 Å². The van der Waals surface area contributed by atoms with Gasteiger partial charge in [0.1, 0.15) is 0 Å². The van der Waals surface area contributed by atoms with E-state index in [4.69, 9.17) is 17.3 Å². The van der Waals surface area contributed by atoms with E-state index in [1.807, 2.05) is 0 Å². The number of imidazole rings is 1. The third kappa shape index (κ3) is 3.15. The van der Waals surface area contributed by atoms with Gasteiger partial charge < -0.3 is 5.73 Å². The summed E-state index contributed by atoms with van der Waals surface area (Å²) in [4.78, 5) is 3.82. The number of aryl methyl sites for hydroxylation is 1. The van der Waals surface area contributed by atoms with Crippen molar-refractivity contribution in [2.24, 2.45) is 5.10 Å². The summed E-state index contributed by atoms with van der Waals surface area (Å²) in [5.74, 6) is -1.23. The van der Waals surface area contributed by atoms with Crippen LogP contribution >= 0.6 is 11.6 Å². The van der Waals surface area contributed by atoms with Gasteiger partial charge in [-0.05, 0) is 19.1 Å². The van der Waals surface area contributed by atoms with E-state index in [0.717, 1.165) is 10.7 Å². The first-order valence-electron chi connectivity index (χ1n) is 5.61. The summed E-state index contributed by atoms with van der Waals surface area (Å²) in [7, 11) is 0. The fourth-order valence-corrected chi connectivity index (χ4v) is 1.82. The number of hydrogen-bond acceptors (Lipinski definition) is 3. The Morgan fingerprint density at radius 1 is 1.38 bits per heavy atom. The zero-order chi connectivity index (χ0) is 15.8. The number of anilines is 1. The van der Waals surface area contributed by atoms with Crippen LogP contribution < -0.4 is 5.73 Å². The van der Waals surface area contributed by atoms with E-state index >= 15 is 0 Å². The summed E-state index contributed by atoms with van der Waals surface area (Å²) < 4.78 is 53.4. The molecule has 0 fully saturated rings. The Morgan fingerprint density at radius 2 is 2.05 bits per heavy atom. The minimum absolute atomic E-state index is 0.0280. The molecule has 0 unspecified atom stereocenters. The highest BCUT2D eigenvalue weighted by Crippen LogP contribution is 2.34. The van der Waals surface area contributed by atoms with Crippen molar-refractivity contribution >= 4 is 23.8 Å². The van der Waals surface area contributed by atoms with Gasteiger partial charge in [-0.25, -0.2) is 14.1 Å². The number of benzene rings is 1. The topological polar surface area (TPSA) is 56.2 Å². The van der Waals surface area contributed by atoms with Crippen molar-refractivity contribution in [3.63, 3.8) is 0 Å². The predicted molar refractivity (Wildman–Crippen MR) is 70.8 cm³/mol. The molecule has 0 aliphatic rings. The molecule has 9 heteroatoms. The molecule has 1 aromatic heterocycles. The Morgan fingerprint density at radius 3 is 2.57 bits per heavy atom. The highest BCUT2D eigenvalue weighted by atomic mass is 35.5. The zero-order valence-electron chi connectivity index (χ0n) is 10.6. The highest BCUT2D eigenvalue weighted by Gasteiger charge is 2.34. The van der Waals surface area contributed by atoms with Gasteiger partial charge in [-0.15, -0.1) is 0 Å². The lowest BCUT2D eigenvalue weighted by Crippen LogP contribution is -2.11. The summed E-state index contributed by atoms with van der Waals surface area (Å²) in [6, 6.07) is 1.53. The molecule has 0 aliphatic heterocycles. The summed E-state index contributed by atoms with van der Waals surface area (Å²) >= 11 is 5.51. The lowest BCUT2D eigenvalue weighted by molar-refractivity contribution is -0.137. The second kappa shape index (κ2) is 5.36. The molecule has 0 aliphatic carbocycles. The molecule has 0 amide bonds. The van der Waals surface area contributed by atoms with Crippen LogP contribution in [0.4, 0.5) is 23.5 Å². The van der Waals surface area contributed by atoms with Crippen LogP contribution in [0.2, 0.25) is 5.02 Å². The number of alkyl halides is 3. The first-order chi connectivity index (χ1) is 9.70. The van der Waals surface area contributed by atoms with Gasteiger partial charge in [0, 0.05) is 5.56 Å². The van der Waals surface area contributed by atoms with Crippen molar-refractivity contribution in [1.82, 2.24) is 9.66 Å². The number of nitrogen functional groups attached to an aromatic ring is 1. The first kappa shape index (κ1) is 15.3. The Labute approximate surface area is 121 Å². The molecule has 0 bridgehead atoms. The molecule has 0 atom stereocenters. The second-order valence-corrected chi connectivity index (χ2v) is 4.56. The van der Waals surface area contributed by atoms with Crippen LogP contribution in [-0.2, 0) is 6.18 Å². The summed E-state index contributed by atoms with van der Waals surface area (Å²) in [6.45, 7) is 1.63. The van der Waals surface area contributed by atoms with Crippen LogP contribution in [0.25, 0.3) is 0 Å². The normalized spacial score (nSPS) is 12.3.